The third-order valence-corrected chi connectivity index (χ3v) is 3.76. The van der Waals surface area contributed by atoms with Gasteiger partial charge in [-0.25, -0.2) is 0 Å². The Morgan fingerprint density at radius 1 is 1.10 bits per heavy atom. The van der Waals surface area contributed by atoms with Crippen LogP contribution in [0.15, 0.2) is 48.5 Å². The molecule has 0 saturated carbocycles. The fourth-order valence-electron chi connectivity index (χ4n) is 2.53. The molecule has 2 aromatic rings. The molecule has 1 unspecified atom stereocenters. The molecule has 2 rings (SSSR count). The highest BCUT2D eigenvalue weighted by atomic mass is 16.5. The lowest BCUT2D eigenvalue weighted by Gasteiger charge is -2.17. The van der Waals surface area contributed by atoms with Crippen LogP contribution in [0, 0.1) is 6.92 Å². The van der Waals surface area contributed by atoms with Crippen molar-refractivity contribution in [2.45, 2.75) is 32.7 Å². The summed E-state index contributed by atoms with van der Waals surface area (Å²) in [7, 11) is 2.02. The Labute approximate surface area is 128 Å². The van der Waals surface area contributed by atoms with Crippen LogP contribution in [0.4, 0.5) is 0 Å². The third kappa shape index (κ3) is 4.61. The Hall–Kier alpha value is -1.80. The van der Waals surface area contributed by atoms with Gasteiger partial charge in [0.05, 0.1) is 6.61 Å². The van der Waals surface area contributed by atoms with Crippen molar-refractivity contribution in [2.75, 3.05) is 13.7 Å². The molecule has 1 N–H and O–H groups in total. The molecular formula is C19H25NO. The van der Waals surface area contributed by atoms with E-state index in [-0.39, 0.29) is 0 Å². The number of hydrogen-bond donors (Lipinski definition) is 1. The Morgan fingerprint density at radius 3 is 2.52 bits per heavy atom. The quantitative estimate of drug-likeness (QED) is 0.818. The highest BCUT2D eigenvalue weighted by molar-refractivity contribution is 5.31. The number of rotatable bonds is 7. The fraction of sp³-hybridized carbons (Fsp3) is 0.368. The normalized spacial score (nSPS) is 12.1. The van der Waals surface area contributed by atoms with Gasteiger partial charge in [-0.15, -0.1) is 0 Å². The number of aryl methyl sites for hydroxylation is 2. The van der Waals surface area contributed by atoms with Gasteiger partial charge in [0.25, 0.3) is 0 Å². The standard InChI is InChI=1S/C19H25NO/c1-4-21-18-7-5-6-17(14-18)19(20-3)13-12-16-10-8-15(2)9-11-16/h5-11,14,19-20H,4,12-13H2,1-3H3. The average Bonchev–Trinajstić information content (AvgIpc) is 2.50. The minimum absolute atomic E-state index is 0.353. The molecule has 2 heteroatoms. The van der Waals surface area contributed by atoms with Crippen molar-refractivity contribution in [2.24, 2.45) is 0 Å². The van der Waals surface area contributed by atoms with Crippen LogP contribution in [0.5, 0.6) is 5.75 Å². The molecule has 112 valence electrons. The summed E-state index contributed by atoms with van der Waals surface area (Å²) in [6.45, 7) is 4.84. The number of benzene rings is 2. The van der Waals surface area contributed by atoms with Gasteiger partial charge in [0.2, 0.25) is 0 Å². The first-order valence-corrected chi connectivity index (χ1v) is 7.68. The Kier molecular flexibility index (Phi) is 5.82. The van der Waals surface area contributed by atoms with Gasteiger partial charge in [0.15, 0.2) is 0 Å². The molecule has 0 heterocycles. The molecule has 0 aliphatic carbocycles. The summed E-state index contributed by atoms with van der Waals surface area (Å²) < 4.78 is 5.59. The van der Waals surface area contributed by atoms with E-state index in [2.05, 4.69) is 54.7 Å². The molecule has 0 aromatic heterocycles. The molecule has 0 spiro atoms. The van der Waals surface area contributed by atoms with Gasteiger partial charge in [0, 0.05) is 6.04 Å². The zero-order valence-corrected chi connectivity index (χ0v) is 13.2. The van der Waals surface area contributed by atoms with E-state index in [0.29, 0.717) is 12.6 Å². The largest absolute Gasteiger partial charge is 0.494 e. The van der Waals surface area contributed by atoms with Crippen LogP contribution >= 0.6 is 0 Å². The summed E-state index contributed by atoms with van der Waals surface area (Å²) in [6, 6.07) is 17.5. The molecule has 0 aliphatic heterocycles. The summed E-state index contributed by atoms with van der Waals surface area (Å²) in [6.07, 6.45) is 2.15. The van der Waals surface area contributed by atoms with E-state index in [9.17, 15) is 0 Å². The molecule has 0 aliphatic rings. The summed E-state index contributed by atoms with van der Waals surface area (Å²) in [4.78, 5) is 0. The van der Waals surface area contributed by atoms with Gasteiger partial charge < -0.3 is 10.1 Å². The fourth-order valence-corrected chi connectivity index (χ4v) is 2.53. The highest BCUT2D eigenvalue weighted by Gasteiger charge is 2.10. The maximum absolute atomic E-state index is 5.59. The molecule has 0 fully saturated rings. The molecule has 2 nitrogen and oxygen atoms in total. The van der Waals surface area contributed by atoms with Gasteiger partial charge in [-0.1, -0.05) is 42.0 Å². The van der Waals surface area contributed by atoms with Crippen LogP contribution < -0.4 is 10.1 Å². The molecular weight excluding hydrogens is 258 g/mol. The summed E-state index contributed by atoms with van der Waals surface area (Å²) in [5, 5.41) is 3.41. The molecule has 0 radical (unpaired) electrons. The minimum Gasteiger partial charge on any atom is -0.494 e. The van der Waals surface area contributed by atoms with Crippen LogP contribution in [-0.2, 0) is 6.42 Å². The lowest BCUT2D eigenvalue weighted by molar-refractivity contribution is 0.339. The van der Waals surface area contributed by atoms with E-state index in [0.717, 1.165) is 18.6 Å². The number of nitrogens with one attached hydrogen (secondary N) is 1. The molecule has 0 amide bonds. The molecule has 0 bridgehead atoms. The summed E-state index contributed by atoms with van der Waals surface area (Å²) >= 11 is 0. The highest BCUT2D eigenvalue weighted by Crippen LogP contribution is 2.23. The molecule has 1 atom stereocenters. The zero-order valence-electron chi connectivity index (χ0n) is 13.2. The van der Waals surface area contributed by atoms with Crippen molar-refractivity contribution in [3.8, 4) is 5.75 Å². The van der Waals surface area contributed by atoms with Crippen molar-refractivity contribution in [1.82, 2.24) is 5.32 Å². The smallest absolute Gasteiger partial charge is 0.119 e. The summed E-state index contributed by atoms with van der Waals surface area (Å²) in [5.74, 6) is 0.950. The van der Waals surface area contributed by atoms with Crippen LogP contribution in [0.1, 0.15) is 36.1 Å². The third-order valence-electron chi connectivity index (χ3n) is 3.76. The Bertz CT molecular complexity index is 548. The molecule has 21 heavy (non-hydrogen) atoms. The predicted octanol–water partition coefficient (Wildman–Crippen LogP) is 4.29. The second-order valence-electron chi connectivity index (χ2n) is 5.37. The topological polar surface area (TPSA) is 21.3 Å². The van der Waals surface area contributed by atoms with Crippen molar-refractivity contribution < 1.29 is 4.74 Å². The molecule has 0 saturated heterocycles. The monoisotopic (exact) mass is 283 g/mol. The van der Waals surface area contributed by atoms with E-state index in [4.69, 9.17) is 4.74 Å². The Morgan fingerprint density at radius 2 is 1.86 bits per heavy atom. The lowest BCUT2D eigenvalue weighted by atomic mass is 9.98. The van der Waals surface area contributed by atoms with E-state index < -0.39 is 0 Å². The predicted molar refractivity (Wildman–Crippen MR) is 88.9 cm³/mol. The number of hydrogen-bond acceptors (Lipinski definition) is 2. The maximum Gasteiger partial charge on any atom is 0.119 e. The van der Waals surface area contributed by atoms with Gasteiger partial charge >= 0.3 is 0 Å². The second-order valence-corrected chi connectivity index (χ2v) is 5.37. The van der Waals surface area contributed by atoms with Crippen molar-refractivity contribution >= 4 is 0 Å². The first kappa shape index (κ1) is 15.6. The first-order chi connectivity index (χ1) is 10.2. The van der Waals surface area contributed by atoms with E-state index in [1.165, 1.54) is 16.7 Å². The van der Waals surface area contributed by atoms with Crippen LogP contribution in [0.2, 0.25) is 0 Å². The zero-order chi connectivity index (χ0) is 15.1. The van der Waals surface area contributed by atoms with E-state index in [1.54, 1.807) is 0 Å². The average molecular weight is 283 g/mol. The van der Waals surface area contributed by atoms with Crippen molar-refractivity contribution in [3.05, 3.63) is 65.2 Å². The van der Waals surface area contributed by atoms with Crippen molar-refractivity contribution in [3.63, 3.8) is 0 Å². The number of ether oxygens (including phenoxy) is 1. The van der Waals surface area contributed by atoms with Crippen LogP contribution in [0.25, 0.3) is 0 Å². The molecule has 2 aromatic carbocycles. The van der Waals surface area contributed by atoms with Gasteiger partial charge in [-0.05, 0) is 57.0 Å². The Balaban J connectivity index is 2.02. The van der Waals surface area contributed by atoms with Gasteiger partial charge in [0.1, 0.15) is 5.75 Å². The maximum atomic E-state index is 5.59. The van der Waals surface area contributed by atoms with Gasteiger partial charge in [-0.2, -0.15) is 0 Å². The first-order valence-electron chi connectivity index (χ1n) is 7.68. The summed E-state index contributed by atoms with van der Waals surface area (Å²) in [5.41, 5.74) is 3.99. The lowest BCUT2D eigenvalue weighted by Crippen LogP contribution is -2.17. The SMILES string of the molecule is CCOc1cccc(C(CCc2ccc(C)cc2)NC)c1. The van der Waals surface area contributed by atoms with E-state index >= 15 is 0 Å². The van der Waals surface area contributed by atoms with Crippen LogP contribution in [-0.4, -0.2) is 13.7 Å². The van der Waals surface area contributed by atoms with E-state index in [1.807, 2.05) is 20.0 Å². The van der Waals surface area contributed by atoms with Gasteiger partial charge in [-0.3, -0.25) is 0 Å². The second kappa shape index (κ2) is 7.84. The minimum atomic E-state index is 0.353. The van der Waals surface area contributed by atoms with Crippen LogP contribution in [0.3, 0.4) is 0 Å². The van der Waals surface area contributed by atoms with Crippen molar-refractivity contribution in [1.29, 1.82) is 0 Å².